The van der Waals surface area contributed by atoms with E-state index in [0.29, 0.717) is 16.9 Å². The van der Waals surface area contributed by atoms with E-state index in [1.165, 1.54) is 42.5 Å². The van der Waals surface area contributed by atoms with Crippen molar-refractivity contribution >= 4 is 17.4 Å². The van der Waals surface area contributed by atoms with E-state index >= 15 is 0 Å². The maximum absolute atomic E-state index is 12.9. The van der Waals surface area contributed by atoms with Gasteiger partial charge < -0.3 is 10.6 Å². The highest BCUT2D eigenvalue weighted by Crippen LogP contribution is 2.16. The number of carbonyl (C=O) groups is 1. The van der Waals surface area contributed by atoms with Crippen molar-refractivity contribution in [2.75, 3.05) is 10.6 Å². The van der Waals surface area contributed by atoms with Crippen LogP contribution >= 0.6 is 0 Å². The lowest BCUT2D eigenvalue weighted by Crippen LogP contribution is -2.19. The zero-order valence-corrected chi connectivity index (χ0v) is 10.2. The fourth-order valence-electron chi connectivity index (χ4n) is 1.59. The average Bonchev–Trinajstić information content (AvgIpc) is 2.36. The van der Waals surface area contributed by atoms with Crippen LogP contribution in [0.25, 0.3) is 0 Å². The average molecular weight is 262 g/mol. The number of amides is 2. The van der Waals surface area contributed by atoms with Gasteiger partial charge in [0.2, 0.25) is 0 Å². The van der Waals surface area contributed by atoms with Gasteiger partial charge in [0.1, 0.15) is 11.6 Å². The van der Waals surface area contributed by atoms with E-state index in [0.717, 1.165) is 0 Å². The second-order valence-electron chi connectivity index (χ2n) is 4.05. The van der Waals surface area contributed by atoms with Gasteiger partial charge in [-0.25, -0.2) is 13.6 Å². The molecule has 0 heterocycles. The molecule has 0 fully saturated rings. The van der Waals surface area contributed by atoms with Crippen molar-refractivity contribution < 1.29 is 13.6 Å². The molecule has 5 heteroatoms. The molecule has 0 spiro atoms. The first kappa shape index (κ1) is 13.0. The summed E-state index contributed by atoms with van der Waals surface area (Å²) in [6.45, 7) is 1.69. The monoisotopic (exact) mass is 262 g/mol. The molecule has 19 heavy (non-hydrogen) atoms. The minimum atomic E-state index is -0.471. The first-order chi connectivity index (χ1) is 9.04. The Morgan fingerprint density at radius 1 is 0.947 bits per heavy atom. The van der Waals surface area contributed by atoms with Gasteiger partial charge >= 0.3 is 6.03 Å². The molecule has 2 aromatic rings. The maximum atomic E-state index is 12.9. The van der Waals surface area contributed by atoms with Crippen LogP contribution in [0.3, 0.4) is 0 Å². The third kappa shape index (κ3) is 3.51. The highest BCUT2D eigenvalue weighted by molar-refractivity contribution is 6.00. The highest BCUT2D eigenvalue weighted by atomic mass is 19.1. The van der Waals surface area contributed by atoms with Crippen LogP contribution in [-0.2, 0) is 0 Å². The van der Waals surface area contributed by atoms with Crippen molar-refractivity contribution in [2.45, 2.75) is 6.92 Å². The summed E-state index contributed by atoms with van der Waals surface area (Å²) in [4.78, 5) is 11.7. The fourth-order valence-corrected chi connectivity index (χ4v) is 1.59. The van der Waals surface area contributed by atoms with Crippen LogP contribution in [0, 0.1) is 18.6 Å². The summed E-state index contributed by atoms with van der Waals surface area (Å²) in [5.41, 5.74) is 1.61. The van der Waals surface area contributed by atoms with Gasteiger partial charge in [-0.15, -0.1) is 0 Å². The summed E-state index contributed by atoms with van der Waals surface area (Å²) in [6, 6.07) is 9.00. The van der Waals surface area contributed by atoms with E-state index in [1.54, 1.807) is 6.92 Å². The summed E-state index contributed by atoms with van der Waals surface area (Å²) in [7, 11) is 0. The van der Waals surface area contributed by atoms with Crippen molar-refractivity contribution in [2.24, 2.45) is 0 Å². The summed E-state index contributed by atoms with van der Waals surface area (Å²) in [5.74, 6) is -0.734. The standard InChI is InChI=1S/C14H12F2N2O/c1-9-8-11(16)4-7-13(9)18-14(19)17-12-5-2-10(15)3-6-12/h2-8H,1H3,(H2,17,18,19). The Morgan fingerprint density at radius 2 is 1.58 bits per heavy atom. The predicted octanol–water partition coefficient (Wildman–Crippen LogP) is 3.92. The molecule has 98 valence electrons. The Morgan fingerprint density at radius 3 is 2.21 bits per heavy atom. The van der Waals surface area contributed by atoms with Crippen LogP contribution in [0.1, 0.15) is 5.56 Å². The van der Waals surface area contributed by atoms with Crippen LogP contribution < -0.4 is 10.6 Å². The van der Waals surface area contributed by atoms with E-state index in [4.69, 9.17) is 0 Å². The minimum Gasteiger partial charge on any atom is -0.308 e. The molecule has 0 aromatic heterocycles. The zero-order valence-electron chi connectivity index (χ0n) is 10.2. The quantitative estimate of drug-likeness (QED) is 0.846. The van der Waals surface area contributed by atoms with Crippen LogP contribution in [-0.4, -0.2) is 6.03 Å². The van der Waals surface area contributed by atoms with Crippen LogP contribution in [0.4, 0.5) is 25.0 Å². The van der Waals surface area contributed by atoms with Crippen molar-refractivity contribution in [1.82, 2.24) is 0 Å². The van der Waals surface area contributed by atoms with Crippen LogP contribution in [0.2, 0.25) is 0 Å². The van der Waals surface area contributed by atoms with E-state index in [9.17, 15) is 13.6 Å². The summed E-state index contributed by atoms with van der Waals surface area (Å²) >= 11 is 0. The number of hydrogen-bond donors (Lipinski definition) is 2. The van der Waals surface area contributed by atoms with Gasteiger partial charge in [-0.05, 0) is 55.0 Å². The minimum absolute atomic E-state index is 0.359. The number of hydrogen-bond acceptors (Lipinski definition) is 1. The number of nitrogens with one attached hydrogen (secondary N) is 2. The normalized spacial score (nSPS) is 10.1. The molecule has 0 radical (unpaired) electrons. The van der Waals surface area contributed by atoms with Gasteiger partial charge in [-0.1, -0.05) is 0 Å². The second-order valence-corrected chi connectivity index (χ2v) is 4.05. The maximum Gasteiger partial charge on any atom is 0.323 e. The smallest absolute Gasteiger partial charge is 0.308 e. The van der Waals surface area contributed by atoms with Gasteiger partial charge in [0.25, 0.3) is 0 Å². The molecule has 2 aromatic carbocycles. The number of benzene rings is 2. The topological polar surface area (TPSA) is 41.1 Å². The number of urea groups is 1. The highest BCUT2D eigenvalue weighted by Gasteiger charge is 2.05. The number of rotatable bonds is 2. The van der Waals surface area contributed by atoms with E-state index in [-0.39, 0.29) is 11.6 Å². The van der Waals surface area contributed by atoms with Crippen molar-refractivity contribution in [3.8, 4) is 0 Å². The molecule has 0 bridgehead atoms. The van der Waals surface area contributed by atoms with Gasteiger partial charge in [-0.3, -0.25) is 0 Å². The summed E-state index contributed by atoms with van der Waals surface area (Å²) in [6.07, 6.45) is 0. The molecule has 3 nitrogen and oxygen atoms in total. The number of halogens is 2. The lowest BCUT2D eigenvalue weighted by Gasteiger charge is -2.09. The third-order valence-electron chi connectivity index (χ3n) is 2.54. The van der Waals surface area contributed by atoms with E-state index in [2.05, 4.69) is 10.6 Å². The van der Waals surface area contributed by atoms with Crippen LogP contribution in [0.5, 0.6) is 0 Å². The molecule has 2 rings (SSSR count). The van der Waals surface area contributed by atoms with Crippen molar-refractivity contribution in [3.63, 3.8) is 0 Å². The van der Waals surface area contributed by atoms with E-state index in [1.807, 2.05) is 0 Å². The first-order valence-corrected chi connectivity index (χ1v) is 5.64. The number of carbonyl (C=O) groups excluding carboxylic acids is 1. The SMILES string of the molecule is Cc1cc(F)ccc1NC(=O)Nc1ccc(F)cc1. The molecular formula is C14H12F2N2O. The molecule has 0 saturated carbocycles. The van der Waals surface area contributed by atoms with Gasteiger partial charge in [0.15, 0.2) is 0 Å². The fraction of sp³-hybridized carbons (Fsp3) is 0.0714. The van der Waals surface area contributed by atoms with E-state index < -0.39 is 6.03 Å². The van der Waals surface area contributed by atoms with Gasteiger partial charge in [0.05, 0.1) is 0 Å². The molecule has 0 aliphatic rings. The van der Waals surface area contributed by atoms with Crippen LogP contribution in [0.15, 0.2) is 42.5 Å². The lowest BCUT2D eigenvalue weighted by atomic mass is 10.2. The molecular weight excluding hydrogens is 250 g/mol. The molecule has 0 aliphatic carbocycles. The Hall–Kier alpha value is -2.43. The molecule has 0 aliphatic heterocycles. The predicted molar refractivity (Wildman–Crippen MR) is 70.2 cm³/mol. The molecule has 0 unspecified atom stereocenters. The first-order valence-electron chi connectivity index (χ1n) is 5.64. The molecule has 2 N–H and O–H groups in total. The summed E-state index contributed by atoms with van der Waals surface area (Å²) in [5, 5.41) is 5.14. The number of anilines is 2. The van der Waals surface area contributed by atoms with Gasteiger partial charge in [0, 0.05) is 11.4 Å². The Bertz CT molecular complexity index is 597. The molecule has 2 amide bonds. The largest absolute Gasteiger partial charge is 0.323 e. The Kier molecular flexibility index (Phi) is 3.75. The zero-order chi connectivity index (χ0) is 13.8. The van der Waals surface area contributed by atoms with Gasteiger partial charge in [-0.2, -0.15) is 0 Å². The third-order valence-corrected chi connectivity index (χ3v) is 2.54. The molecule has 0 saturated heterocycles. The number of aryl methyl sites for hydroxylation is 1. The van der Waals surface area contributed by atoms with Crippen molar-refractivity contribution in [1.29, 1.82) is 0 Å². The Balaban J connectivity index is 2.03. The summed E-state index contributed by atoms with van der Waals surface area (Å²) < 4.78 is 25.6. The van der Waals surface area contributed by atoms with Crippen molar-refractivity contribution in [3.05, 3.63) is 59.7 Å². The lowest BCUT2D eigenvalue weighted by molar-refractivity contribution is 0.262. The Labute approximate surface area is 109 Å². The molecule has 0 atom stereocenters. The second kappa shape index (κ2) is 5.48.